The zero-order valence-corrected chi connectivity index (χ0v) is 16.4. The molecule has 3 amide bonds. The van der Waals surface area contributed by atoms with E-state index in [0.29, 0.717) is 0 Å². The summed E-state index contributed by atoms with van der Waals surface area (Å²) in [5.41, 5.74) is 1.67. The summed E-state index contributed by atoms with van der Waals surface area (Å²) in [6, 6.07) is 12.3. The highest BCUT2D eigenvalue weighted by Gasteiger charge is 2.55. The minimum Gasteiger partial charge on any atom is -0.394 e. The second-order valence-electron chi connectivity index (χ2n) is 7.81. The normalized spacial score (nSPS) is 22.6. The molecule has 0 aliphatic carbocycles. The molecule has 0 unspecified atom stereocenters. The number of fused-ring (bicyclic) bond motifs is 3. The van der Waals surface area contributed by atoms with Crippen LogP contribution in [0, 0.1) is 5.82 Å². The third-order valence-corrected chi connectivity index (χ3v) is 5.68. The molecule has 2 aromatic rings. The number of urea groups is 1. The molecule has 6 nitrogen and oxygen atoms in total. The van der Waals surface area contributed by atoms with Gasteiger partial charge in [-0.1, -0.05) is 30.3 Å². The standard InChI is InChI=1S/C22H24FN3O3/c1-13(2)24-22(29)25-11-18-20(15-8-4-6-10-17(15)25)19(12-27)26(18)21(28)14-7-3-5-9-16(14)23/h3-10,13,18-20,27H,11-12H2,1-2H3,(H,24,29)/t18-,19+,20+/m0/s1. The highest BCUT2D eigenvalue weighted by atomic mass is 19.1. The van der Waals surface area contributed by atoms with Crippen molar-refractivity contribution in [3.63, 3.8) is 0 Å². The SMILES string of the molecule is CC(C)NC(=O)N1C[C@H]2[C@@H](c3ccccc31)[C@@H](CO)N2C(=O)c1ccccc1F. The molecule has 2 aliphatic rings. The smallest absolute Gasteiger partial charge is 0.322 e. The van der Waals surface area contributed by atoms with Gasteiger partial charge in [0.1, 0.15) is 5.82 Å². The van der Waals surface area contributed by atoms with E-state index in [1.807, 2.05) is 38.1 Å². The van der Waals surface area contributed by atoms with Crippen molar-refractivity contribution < 1.29 is 19.1 Å². The molecule has 7 heteroatoms. The molecule has 0 spiro atoms. The molecule has 0 radical (unpaired) electrons. The lowest BCUT2D eigenvalue weighted by Crippen LogP contribution is -2.71. The van der Waals surface area contributed by atoms with Crippen molar-refractivity contribution >= 4 is 17.6 Å². The van der Waals surface area contributed by atoms with Gasteiger partial charge in [-0.2, -0.15) is 0 Å². The molecule has 0 bridgehead atoms. The van der Waals surface area contributed by atoms with Crippen LogP contribution in [-0.4, -0.2) is 53.2 Å². The zero-order chi connectivity index (χ0) is 20.7. The first-order valence-electron chi connectivity index (χ1n) is 9.79. The van der Waals surface area contributed by atoms with Crippen LogP contribution in [0.4, 0.5) is 14.9 Å². The second-order valence-corrected chi connectivity index (χ2v) is 7.81. The lowest BCUT2D eigenvalue weighted by Gasteiger charge is -2.58. The van der Waals surface area contributed by atoms with Crippen LogP contribution in [0.2, 0.25) is 0 Å². The minimum absolute atomic E-state index is 0.0264. The predicted molar refractivity (Wildman–Crippen MR) is 107 cm³/mol. The molecule has 2 heterocycles. The van der Waals surface area contributed by atoms with Crippen LogP contribution in [-0.2, 0) is 0 Å². The van der Waals surface area contributed by atoms with E-state index in [1.54, 1.807) is 11.0 Å². The van der Waals surface area contributed by atoms with Crippen LogP contribution in [0.1, 0.15) is 35.7 Å². The number of benzene rings is 2. The van der Waals surface area contributed by atoms with E-state index in [-0.39, 0.29) is 42.7 Å². The van der Waals surface area contributed by atoms with E-state index in [9.17, 15) is 19.1 Å². The van der Waals surface area contributed by atoms with Crippen LogP contribution in [0.3, 0.4) is 0 Å². The first kappa shape index (κ1) is 19.4. The van der Waals surface area contributed by atoms with E-state index in [0.717, 1.165) is 11.3 Å². The van der Waals surface area contributed by atoms with Crippen LogP contribution in [0.25, 0.3) is 0 Å². The Bertz CT molecular complexity index is 948. The Morgan fingerprint density at radius 2 is 1.86 bits per heavy atom. The van der Waals surface area contributed by atoms with Gasteiger partial charge in [-0.05, 0) is 37.6 Å². The van der Waals surface area contributed by atoms with E-state index in [2.05, 4.69) is 5.32 Å². The summed E-state index contributed by atoms with van der Waals surface area (Å²) >= 11 is 0. The number of nitrogens with one attached hydrogen (secondary N) is 1. The van der Waals surface area contributed by atoms with Crippen LogP contribution in [0.5, 0.6) is 0 Å². The van der Waals surface area contributed by atoms with Gasteiger partial charge in [-0.25, -0.2) is 9.18 Å². The largest absolute Gasteiger partial charge is 0.394 e. The van der Waals surface area contributed by atoms with Gasteiger partial charge in [0.05, 0.1) is 24.3 Å². The fraction of sp³-hybridized carbons (Fsp3) is 0.364. The predicted octanol–water partition coefficient (Wildman–Crippen LogP) is 2.73. The van der Waals surface area contributed by atoms with E-state index < -0.39 is 17.8 Å². The Kier molecular flexibility index (Phi) is 5.00. The lowest BCUT2D eigenvalue weighted by molar-refractivity contribution is -0.0245. The molecule has 29 heavy (non-hydrogen) atoms. The van der Waals surface area contributed by atoms with Crippen LogP contribution in [0.15, 0.2) is 48.5 Å². The van der Waals surface area contributed by atoms with Crippen molar-refractivity contribution in [1.82, 2.24) is 10.2 Å². The van der Waals surface area contributed by atoms with Gasteiger partial charge in [-0.3, -0.25) is 9.69 Å². The van der Waals surface area contributed by atoms with E-state index in [1.165, 1.54) is 23.1 Å². The van der Waals surface area contributed by atoms with Gasteiger partial charge >= 0.3 is 6.03 Å². The number of para-hydroxylation sites is 1. The molecule has 1 saturated heterocycles. The van der Waals surface area contributed by atoms with Crippen LogP contribution >= 0.6 is 0 Å². The first-order valence-corrected chi connectivity index (χ1v) is 9.79. The number of nitrogens with zero attached hydrogens (tertiary/aromatic N) is 2. The second kappa shape index (κ2) is 7.48. The molecule has 2 aliphatic heterocycles. The number of hydrogen-bond donors (Lipinski definition) is 2. The van der Waals surface area contributed by atoms with Crippen molar-refractivity contribution in [3.8, 4) is 0 Å². The number of carbonyl (C=O) groups is 2. The number of halogens is 1. The lowest BCUT2D eigenvalue weighted by atomic mass is 9.71. The van der Waals surface area contributed by atoms with Gasteiger partial charge in [0.15, 0.2) is 0 Å². The molecular weight excluding hydrogens is 373 g/mol. The number of likely N-dealkylation sites (tertiary alicyclic amines) is 1. The summed E-state index contributed by atoms with van der Waals surface area (Å²) in [5, 5.41) is 12.9. The Hall–Kier alpha value is -2.93. The number of aliphatic hydroxyl groups is 1. The number of carbonyl (C=O) groups excluding carboxylic acids is 2. The number of hydrogen-bond acceptors (Lipinski definition) is 3. The summed E-state index contributed by atoms with van der Waals surface area (Å²) < 4.78 is 14.2. The molecule has 0 aromatic heterocycles. The third kappa shape index (κ3) is 3.15. The molecule has 3 atom stereocenters. The maximum Gasteiger partial charge on any atom is 0.322 e. The average molecular weight is 397 g/mol. The molecule has 2 aromatic carbocycles. The maximum absolute atomic E-state index is 14.2. The van der Waals surface area contributed by atoms with Gasteiger partial charge in [0.2, 0.25) is 0 Å². The Morgan fingerprint density at radius 1 is 1.17 bits per heavy atom. The van der Waals surface area contributed by atoms with Gasteiger partial charge < -0.3 is 15.3 Å². The zero-order valence-electron chi connectivity index (χ0n) is 16.4. The number of aliphatic hydroxyl groups excluding tert-OH is 1. The van der Waals surface area contributed by atoms with E-state index >= 15 is 0 Å². The fourth-order valence-electron chi connectivity index (χ4n) is 4.46. The average Bonchev–Trinajstić information content (AvgIpc) is 2.68. The molecule has 1 fully saturated rings. The quantitative estimate of drug-likeness (QED) is 0.837. The number of amides is 3. The minimum atomic E-state index is -0.594. The highest BCUT2D eigenvalue weighted by Crippen LogP contribution is 2.48. The van der Waals surface area contributed by atoms with Crippen molar-refractivity contribution in [2.75, 3.05) is 18.1 Å². The molecule has 4 rings (SSSR count). The first-order chi connectivity index (χ1) is 13.9. The third-order valence-electron chi connectivity index (χ3n) is 5.68. The monoisotopic (exact) mass is 397 g/mol. The van der Waals surface area contributed by atoms with Gasteiger partial charge in [0, 0.05) is 24.2 Å². The van der Waals surface area contributed by atoms with Crippen molar-refractivity contribution in [2.45, 2.75) is 37.9 Å². The summed E-state index contributed by atoms with van der Waals surface area (Å²) in [6.07, 6.45) is 0. The van der Waals surface area contributed by atoms with Gasteiger partial charge in [0.25, 0.3) is 5.91 Å². The summed E-state index contributed by atoms with van der Waals surface area (Å²) in [6.45, 7) is 3.83. The molecule has 0 saturated carbocycles. The van der Waals surface area contributed by atoms with Crippen LogP contribution < -0.4 is 10.2 Å². The fourth-order valence-corrected chi connectivity index (χ4v) is 4.46. The Balaban J connectivity index is 1.71. The van der Waals surface area contributed by atoms with Crippen molar-refractivity contribution in [3.05, 3.63) is 65.5 Å². The van der Waals surface area contributed by atoms with Crippen molar-refractivity contribution in [2.24, 2.45) is 0 Å². The Labute approximate surface area is 168 Å². The number of anilines is 1. The van der Waals surface area contributed by atoms with Gasteiger partial charge in [-0.15, -0.1) is 0 Å². The molecule has 152 valence electrons. The maximum atomic E-state index is 14.2. The number of rotatable bonds is 3. The van der Waals surface area contributed by atoms with Crippen molar-refractivity contribution in [1.29, 1.82) is 0 Å². The summed E-state index contributed by atoms with van der Waals surface area (Å²) in [4.78, 5) is 29.0. The summed E-state index contributed by atoms with van der Waals surface area (Å²) in [7, 11) is 0. The molecular formula is C22H24FN3O3. The highest BCUT2D eigenvalue weighted by molar-refractivity contribution is 5.98. The van der Waals surface area contributed by atoms with E-state index in [4.69, 9.17) is 0 Å². The topological polar surface area (TPSA) is 72.9 Å². The summed E-state index contributed by atoms with van der Waals surface area (Å²) in [5.74, 6) is -1.16. The Morgan fingerprint density at radius 3 is 2.55 bits per heavy atom. The molecule has 2 N–H and O–H groups in total.